The molecule has 1 fully saturated rings. The van der Waals surface area contributed by atoms with Gasteiger partial charge in [-0.15, -0.1) is 0 Å². The molecule has 7 heteroatoms. The first kappa shape index (κ1) is 20.0. The van der Waals surface area contributed by atoms with E-state index in [1.54, 1.807) is 6.92 Å². The lowest BCUT2D eigenvalue weighted by molar-refractivity contribution is -0.146. The molecule has 0 bridgehead atoms. The van der Waals surface area contributed by atoms with Gasteiger partial charge in [0.15, 0.2) is 5.78 Å². The topological polar surface area (TPSA) is 62.3 Å². The van der Waals surface area contributed by atoms with Gasteiger partial charge in [-0.1, -0.05) is 0 Å². The van der Waals surface area contributed by atoms with Crippen LogP contribution < -0.4 is 0 Å². The first-order valence-corrected chi connectivity index (χ1v) is 8.35. The van der Waals surface area contributed by atoms with Crippen LogP contribution in [0.5, 0.6) is 0 Å². The molecular formula is C16H31N3O4. The van der Waals surface area contributed by atoms with Crippen LogP contribution in [0.15, 0.2) is 0 Å². The number of ether oxygens (including phenoxy) is 2. The zero-order valence-electron chi connectivity index (χ0n) is 14.8. The van der Waals surface area contributed by atoms with E-state index in [4.69, 9.17) is 9.47 Å². The van der Waals surface area contributed by atoms with E-state index in [0.717, 1.165) is 45.8 Å². The molecule has 0 radical (unpaired) electrons. The molecule has 1 aliphatic heterocycles. The van der Waals surface area contributed by atoms with Gasteiger partial charge >= 0.3 is 5.97 Å². The van der Waals surface area contributed by atoms with Crippen LogP contribution in [-0.4, -0.2) is 106 Å². The molecule has 23 heavy (non-hydrogen) atoms. The SMILES string of the molecule is CCOC(=O)CC(=O)COCCN1CCN(CCN(C)C)CC1. The minimum absolute atomic E-state index is 0.0123. The van der Waals surface area contributed by atoms with Crippen molar-refractivity contribution < 1.29 is 19.1 Å². The van der Waals surface area contributed by atoms with Crippen molar-refractivity contribution in [3.8, 4) is 0 Å². The fraction of sp³-hybridized carbons (Fsp3) is 0.875. The summed E-state index contributed by atoms with van der Waals surface area (Å²) >= 11 is 0. The Morgan fingerprint density at radius 1 is 1.04 bits per heavy atom. The van der Waals surface area contributed by atoms with Crippen LogP contribution in [-0.2, 0) is 19.1 Å². The largest absolute Gasteiger partial charge is 0.466 e. The van der Waals surface area contributed by atoms with Crippen LogP contribution in [0.4, 0.5) is 0 Å². The lowest BCUT2D eigenvalue weighted by Gasteiger charge is -2.35. The van der Waals surface area contributed by atoms with Crippen LogP contribution in [0.1, 0.15) is 13.3 Å². The molecule has 1 rings (SSSR count). The summed E-state index contributed by atoms with van der Waals surface area (Å²) in [6.45, 7) is 9.78. The summed E-state index contributed by atoms with van der Waals surface area (Å²) in [5, 5.41) is 0. The minimum atomic E-state index is -0.477. The molecule has 0 aromatic carbocycles. The van der Waals surface area contributed by atoms with Crippen molar-refractivity contribution in [2.45, 2.75) is 13.3 Å². The van der Waals surface area contributed by atoms with Crippen LogP contribution in [0.25, 0.3) is 0 Å². The van der Waals surface area contributed by atoms with E-state index >= 15 is 0 Å². The summed E-state index contributed by atoms with van der Waals surface area (Å²) in [6.07, 6.45) is -0.196. The maximum Gasteiger partial charge on any atom is 0.313 e. The number of rotatable bonds is 11. The number of Topliss-reactive ketones (excluding diaryl/α,β-unsaturated/α-hetero) is 1. The van der Waals surface area contributed by atoms with Crippen LogP contribution in [0.2, 0.25) is 0 Å². The number of likely N-dealkylation sites (N-methyl/N-ethyl adjacent to an activating group) is 1. The smallest absolute Gasteiger partial charge is 0.313 e. The second-order valence-electron chi connectivity index (χ2n) is 6.06. The van der Waals surface area contributed by atoms with Crippen LogP contribution >= 0.6 is 0 Å². The fourth-order valence-corrected chi connectivity index (χ4v) is 2.38. The van der Waals surface area contributed by atoms with Crippen molar-refractivity contribution in [1.29, 1.82) is 0 Å². The monoisotopic (exact) mass is 329 g/mol. The molecule has 0 aromatic heterocycles. The second kappa shape index (κ2) is 11.5. The molecule has 1 saturated heterocycles. The maximum absolute atomic E-state index is 11.5. The van der Waals surface area contributed by atoms with Crippen molar-refractivity contribution in [3.05, 3.63) is 0 Å². The second-order valence-corrected chi connectivity index (χ2v) is 6.06. The van der Waals surface area contributed by atoms with Gasteiger partial charge in [0, 0.05) is 45.8 Å². The van der Waals surface area contributed by atoms with Gasteiger partial charge in [-0.2, -0.15) is 0 Å². The van der Waals surface area contributed by atoms with Crippen molar-refractivity contribution in [3.63, 3.8) is 0 Å². The van der Waals surface area contributed by atoms with E-state index in [0.29, 0.717) is 13.2 Å². The highest BCUT2D eigenvalue weighted by Gasteiger charge is 2.16. The van der Waals surface area contributed by atoms with Crippen molar-refractivity contribution in [2.75, 3.05) is 79.7 Å². The summed E-state index contributed by atoms with van der Waals surface area (Å²) in [6, 6.07) is 0. The Bertz CT molecular complexity index is 355. The standard InChI is InChI=1S/C16H31N3O4/c1-4-23-16(21)13-15(20)14-22-12-11-19-9-7-18(8-10-19)6-5-17(2)3/h4-14H2,1-3H3. The van der Waals surface area contributed by atoms with E-state index in [1.807, 2.05) is 0 Å². The quantitative estimate of drug-likeness (QED) is 0.293. The summed E-state index contributed by atoms with van der Waals surface area (Å²) in [5.74, 6) is -0.702. The Labute approximate surface area is 139 Å². The summed E-state index contributed by atoms with van der Waals surface area (Å²) < 4.78 is 10.1. The van der Waals surface area contributed by atoms with Crippen molar-refractivity contribution >= 4 is 11.8 Å². The van der Waals surface area contributed by atoms with E-state index in [-0.39, 0.29) is 18.8 Å². The highest BCUT2D eigenvalue weighted by molar-refractivity contribution is 5.96. The molecule has 0 atom stereocenters. The molecule has 0 N–H and O–H groups in total. The van der Waals surface area contributed by atoms with E-state index < -0.39 is 5.97 Å². The number of carbonyl (C=O) groups is 2. The fourth-order valence-electron chi connectivity index (χ4n) is 2.38. The normalized spacial score (nSPS) is 16.7. The van der Waals surface area contributed by atoms with Gasteiger partial charge in [0.05, 0.1) is 13.2 Å². The van der Waals surface area contributed by atoms with Crippen molar-refractivity contribution in [2.24, 2.45) is 0 Å². The molecule has 134 valence electrons. The van der Waals surface area contributed by atoms with Gasteiger partial charge in [0.1, 0.15) is 13.0 Å². The zero-order valence-corrected chi connectivity index (χ0v) is 14.8. The highest BCUT2D eigenvalue weighted by atomic mass is 16.5. The van der Waals surface area contributed by atoms with Crippen LogP contribution in [0.3, 0.4) is 0 Å². The maximum atomic E-state index is 11.5. The Morgan fingerprint density at radius 2 is 1.65 bits per heavy atom. The predicted octanol–water partition coefficient (Wildman–Crippen LogP) is -0.295. The number of ketones is 1. The predicted molar refractivity (Wildman–Crippen MR) is 88.5 cm³/mol. The number of hydrogen-bond donors (Lipinski definition) is 0. The molecule has 0 unspecified atom stereocenters. The number of carbonyl (C=O) groups excluding carboxylic acids is 2. The van der Waals surface area contributed by atoms with E-state index in [2.05, 4.69) is 28.8 Å². The summed E-state index contributed by atoms with van der Waals surface area (Å²) in [7, 11) is 4.19. The molecule has 7 nitrogen and oxygen atoms in total. The van der Waals surface area contributed by atoms with Gasteiger partial charge in [0.2, 0.25) is 0 Å². The first-order chi connectivity index (χ1) is 11.0. The number of hydrogen-bond acceptors (Lipinski definition) is 7. The number of nitrogens with zero attached hydrogens (tertiary/aromatic N) is 3. The Morgan fingerprint density at radius 3 is 2.22 bits per heavy atom. The van der Waals surface area contributed by atoms with Gasteiger partial charge in [-0.3, -0.25) is 19.4 Å². The van der Waals surface area contributed by atoms with Gasteiger partial charge in [0.25, 0.3) is 0 Å². The summed E-state index contributed by atoms with van der Waals surface area (Å²) in [5.41, 5.74) is 0. The van der Waals surface area contributed by atoms with E-state index in [9.17, 15) is 9.59 Å². The third-order valence-electron chi connectivity index (χ3n) is 3.79. The van der Waals surface area contributed by atoms with E-state index in [1.165, 1.54) is 0 Å². The Hall–Kier alpha value is -1.02. The molecule has 0 aliphatic carbocycles. The molecule has 0 aromatic rings. The minimum Gasteiger partial charge on any atom is -0.466 e. The molecule has 1 aliphatic rings. The molecule has 1 heterocycles. The summed E-state index contributed by atoms with van der Waals surface area (Å²) in [4.78, 5) is 29.7. The Kier molecular flexibility index (Phi) is 10.0. The van der Waals surface area contributed by atoms with Gasteiger partial charge < -0.3 is 14.4 Å². The van der Waals surface area contributed by atoms with Crippen LogP contribution in [0, 0.1) is 0 Å². The Balaban J connectivity index is 2.03. The van der Waals surface area contributed by atoms with Gasteiger partial charge in [-0.05, 0) is 21.0 Å². The third kappa shape index (κ3) is 9.65. The van der Waals surface area contributed by atoms with Crippen molar-refractivity contribution in [1.82, 2.24) is 14.7 Å². The average molecular weight is 329 g/mol. The highest BCUT2D eigenvalue weighted by Crippen LogP contribution is 2.01. The first-order valence-electron chi connectivity index (χ1n) is 8.35. The lowest BCUT2D eigenvalue weighted by atomic mass is 10.3. The molecule has 0 saturated carbocycles. The average Bonchev–Trinajstić information content (AvgIpc) is 2.50. The molecular weight excluding hydrogens is 298 g/mol. The third-order valence-corrected chi connectivity index (χ3v) is 3.79. The lowest BCUT2D eigenvalue weighted by Crippen LogP contribution is -2.48. The van der Waals surface area contributed by atoms with Gasteiger partial charge in [-0.25, -0.2) is 0 Å². The molecule has 0 amide bonds. The number of esters is 1. The number of piperazine rings is 1. The zero-order chi connectivity index (χ0) is 17.1. The molecule has 0 spiro atoms.